The minimum atomic E-state index is -1.62. The lowest BCUT2D eigenvalue weighted by atomic mass is 10.1. The smallest absolute Gasteiger partial charge is 0.298 e. The van der Waals surface area contributed by atoms with E-state index < -0.39 is 42.4 Å². The topological polar surface area (TPSA) is 280 Å². The van der Waals surface area contributed by atoms with Crippen LogP contribution < -0.4 is 32.2 Å². The van der Waals surface area contributed by atoms with Crippen LogP contribution in [0.5, 0.6) is 11.5 Å². The lowest BCUT2D eigenvalue weighted by molar-refractivity contribution is -0.000241. The van der Waals surface area contributed by atoms with Gasteiger partial charge in [-0.3, -0.25) is 28.5 Å². The molecule has 7 N–H and O–H groups in total. The third-order valence-corrected chi connectivity index (χ3v) is 10.2. The lowest BCUT2D eigenvalue weighted by Gasteiger charge is -2.21. The molecule has 0 radical (unpaired) electrons. The molecule has 0 bridgehead atoms. The van der Waals surface area contributed by atoms with E-state index >= 15 is 0 Å². The van der Waals surface area contributed by atoms with Gasteiger partial charge in [-0.2, -0.15) is 20.2 Å². The van der Waals surface area contributed by atoms with Gasteiger partial charge in [-0.15, -0.1) is 0 Å². The Kier molecular flexibility index (Phi) is 12.8. The number of aliphatic hydroxyl groups is 3. The van der Waals surface area contributed by atoms with E-state index in [4.69, 9.17) is 20.9 Å². The van der Waals surface area contributed by atoms with Gasteiger partial charge in [0.25, 0.3) is 11.8 Å². The van der Waals surface area contributed by atoms with Crippen molar-refractivity contribution >= 4 is 45.7 Å². The number of methoxy groups -OCH3 is 1. The van der Waals surface area contributed by atoms with Gasteiger partial charge >= 0.3 is 0 Å². The normalized spacial score (nSPS) is 13.3. The van der Waals surface area contributed by atoms with Crippen molar-refractivity contribution in [3.05, 3.63) is 81.5 Å². The molecule has 0 aliphatic carbocycles. The number of fused-ring (bicyclic) bond motifs is 2. The number of hydrogen-bond donors (Lipinski definition) is 5. The number of aliphatic hydroxyl groups excluding tert-OH is 3. The van der Waals surface area contributed by atoms with Crippen LogP contribution in [0.1, 0.15) is 73.3 Å². The van der Waals surface area contributed by atoms with Crippen LogP contribution in [-0.4, -0.2) is 109 Å². The summed E-state index contributed by atoms with van der Waals surface area (Å²) in [5.41, 5.74) is 14.6. The van der Waals surface area contributed by atoms with Crippen LogP contribution in [-0.2, 0) is 40.3 Å². The summed E-state index contributed by atoms with van der Waals surface area (Å²) in [6, 6.07) is 9.04. The van der Waals surface area contributed by atoms with Gasteiger partial charge in [0.1, 0.15) is 33.9 Å². The number of ether oxygens (including phenoxy) is 2. The van der Waals surface area contributed by atoms with E-state index in [0.717, 1.165) is 0 Å². The van der Waals surface area contributed by atoms with Crippen molar-refractivity contribution in [1.29, 1.82) is 0 Å². The maximum atomic E-state index is 13.9. The molecular formula is C40H50N12O9. The molecule has 2 aromatic carbocycles. The second-order valence-corrected chi connectivity index (χ2v) is 14.4. The van der Waals surface area contributed by atoms with E-state index in [1.165, 1.54) is 59.0 Å². The minimum Gasteiger partial charge on any atom is -0.494 e. The molecule has 4 aromatic heterocycles. The summed E-state index contributed by atoms with van der Waals surface area (Å²) >= 11 is 0. The van der Waals surface area contributed by atoms with Crippen LogP contribution in [0.25, 0.3) is 22.1 Å². The Bertz CT molecular complexity index is 2830. The number of rotatable bonds is 16. The van der Waals surface area contributed by atoms with E-state index in [-0.39, 0.29) is 71.4 Å². The van der Waals surface area contributed by atoms with Crippen molar-refractivity contribution in [3.8, 4) is 11.5 Å². The van der Waals surface area contributed by atoms with Crippen LogP contribution >= 0.6 is 0 Å². The van der Waals surface area contributed by atoms with Crippen LogP contribution in [0.15, 0.2) is 46.4 Å². The zero-order valence-electron chi connectivity index (χ0n) is 35.0. The summed E-state index contributed by atoms with van der Waals surface area (Å²) in [6.45, 7) is 7.03. The maximum absolute atomic E-state index is 13.9. The van der Waals surface area contributed by atoms with Crippen molar-refractivity contribution in [1.82, 2.24) is 37.8 Å². The largest absolute Gasteiger partial charge is 0.494 e. The molecule has 0 saturated carbocycles. The average Bonchev–Trinajstić information content (AvgIpc) is 3.95. The number of carbonyl (C=O) groups is 4. The third kappa shape index (κ3) is 8.47. The molecular weight excluding hydrogens is 793 g/mol. The number of nitrogens with zero attached hydrogens (tertiary/aromatic N) is 10. The molecule has 0 fully saturated rings. The summed E-state index contributed by atoms with van der Waals surface area (Å²) in [4.78, 5) is 61.4. The van der Waals surface area contributed by atoms with E-state index in [9.17, 15) is 34.5 Å². The first-order chi connectivity index (χ1) is 29.0. The molecule has 21 heteroatoms. The van der Waals surface area contributed by atoms with Gasteiger partial charge in [-0.25, -0.2) is 0 Å². The quantitative estimate of drug-likeness (QED) is 0.0821. The SMILES string of the molecule is CCn1nc(C)cc1C(=O)/N=c1\n(C)c2cc(C(N)=O)cc(OC)c2n1C[C@H](O)[C@@H](O)Cn1/c(=N/C(=O)c2cc(C)nn2CC)n(C)c2cc(C(N)=O)cc(OCCCO)c21. The fourth-order valence-corrected chi connectivity index (χ4v) is 7.26. The number of imidazole rings is 2. The second-order valence-electron chi connectivity index (χ2n) is 14.4. The van der Waals surface area contributed by atoms with Crippen molar-refractivity contribution in [2.45, 2.75) is 72.5 Å². The molecule has 61 heavy (non-hydrogen) atoms. The van der Waals surface area contributed by atoms with E-state index in [1.54, 1.807) is 40.1 Å². The Morgan fingerprint density at radius 1 is 0.721 bits per heavy atom. The standard InChI is InChI=1S/C40H50N12O9/c1-8-51-27(13-21(3)45-51)37(58)43-39-47(5)25-15-23(35(41)56)17-31(60-7)33(25)49(39)19-29(54)30(55)20-50-34-26(16-24(36(42)57)18-32(34)61-12-10-11-53)48(6)40(50)44-38(59)28-14-22(4)46-52(28)9-2/h13-18,29-30,53-55H,8-12,19-20H2,1-7H3,(H2,41,56)(H2,42,57)/b43-39+,44-40+/t29-,30-/m0/s1. The second kappa shape index (κ2) is 17.8. The van der Waals surface area contributed by atoms with Gasteiger partial charge in [-0.05, 0) is 64.1 Å². The maximum Gasteiger partial charge on any atom is 0.298 e. The molecule has 6 rings (SSSR count). The predicted molar refractivity (Wildman–Crippen MR) is 220 cm³/mol. The first kappa shape index (κ1) is 43.7. The van der Waals surface area contributed by atoms with Crippen molar-refractivity contribution in [3.63, 3.8) is 0 Å². The number of hydrogen-bond acceptors (Lipinski definition) is 11. The number of aryl methyl sites for hydroxylation is 6. The molecule has 0 unspecified atom stereocenters. The molecule has 0 spiro atoms. The fraction of sp³-hybridized carbons (Fsp3) is 0.400. The van der Waals surface area contributed by atoms with E-state index in [2.05, 4.69) is 20.2 Å². The Morgan fingerprint density at radius 3 is 1.54 bits per heavy atom. The molecule has 0 aliphatic rings. The van der Waals surface area contributed by atoms with Crippen LogP contribution in [0.3, 0.4) is 0 Å². The zero-order valence-corrected chi connectivity index (χ0v) is 35.0. The molecule has 21 nitrogen and oxygen atoms in total. The summed E-state index contributed by atoms with van der Waals surface area (Å²) in [6.07, 6.45) is -2.98. The van der Waals surface area contributed by atoms with Gasteiger partial charge in [0.05, 0.1) is 61.4 Å². The van der Waals surface area contributed by atoms with E-state index in [0.29, 0.717) is 46.5 Å². The van der Waals surface area contributed by atoms with Crippen LogP contribution in [0, 0.1) is 13.8 Å². The Hall–Kier alpha value is -6.84. The summed E-state index contributed by atoms with van der Waals surface area (Å²) < 4.78 is 20.8. The fourth-order valence-electron chi connectivity index (χ4n) is 7.26. The molecule has 6 aromatic rings. The van der Waals surface area contributed by atoms with Gasteiger partial charge in [0.15, 0.2) is 0 Å². The number of primary amides is 2. The Labute approximate surface area is 348 Å². The van der Waals surface area contributed by atoms with Crippen molar-refractivity contribution in [2.75, 3.05) is 20.3 Å². The van der Waals surface area contributed by atoms with Crippen LogP contribution in [0.2, 0.25) is 0 Å². The average molecular weight is 843 g/mol. The molecule has 0 aliphatic heterocycles. The highest BCUT2D eigenvalue weighted by Crippen LogP contribution is 2.30. The highest BCUT2D eigenvalue weighted by molar-refractivity contribution is 6.00. The number of amides is 4. The minimum absolute atomic E-state index is 0.0176. The van der Waals surface area contributed by atoms with Crippen LogP contribution in [0.4, 0.5) is 0 Å². The van der Waals surface area contributed by atoms with Gasteiger partial charge in [-0.1, -0.05) is 0 Å². The first-order valence-corrected chi connectivity index (χ1v) is 19.5. The molecule has 4 amide bonds. The van der Waals surface area contributed by atoms with E-state index in [1.807, 2.05) is 13.8 Å². The summed E-state index contributed by atoms with van der Waals surface area (Å²) in [7, 11) is 4.60. The molecule has 4 heterocycles. The van der Waals surface area contributed by atoms with Gasteiger partial charge < -0.3 is 54.5 Å². The number of benzene rings is 2. The molecule has 324 valence electrons. The number of nitrogens with two attached hydrogens (primary N) is 2. The first-order valence-electron chi connectivity index (χ1n) is 19.5. The lowest BCUT2D eigenvalue weighted by Crippen LogP contribution is -2.40. The molecule has 2 atom stereocenters. The number of carbonyl (C=O) groups excluding carboxylic acids is 4. The van der Waals surface area contributed by atoms with Gasteiger partial charge in [0.2, 0.25) is 23.1 Å². The summed E-state index contributed by atoms with van der Waals surface area (Å²) in [5.74, 6) is -2.47. The van der Waals surface area contributed by atoms with Crippen molar-refractivity contribution < 1.29 is 44.0 Å². The highest BCUT2D eigenvalue weighted by Gasteiger charge is 2.27. The predicted octanol–water partition coefficient (Wildman–Crippen LogP) is 0.194. The Balaban J connectivity index is 1.53. The highest BCUT2D eigenvalue weighted by atomic mass is 16.5. The monoisotopic (exact) mass is 842 g/mol. The zero-order chi connectivity index (χ0) is 44.4. The molecule has 0 saturated heterocycles. The number of aromatic nitrogens is 8. The van der Waals surface area contributed by atoms with Gasteiger partial charge in [0, 0.05) is 51.3 Å². The van der Waals surface area contributed by atoms with Crippen molar-refractivity contribution in [2.24, 2.45) is 35.5 Å². The summed E-state index contributed by atoms with van der Waals surface area (Å²) in [5, 5.41) is 42.1. The third-order valence-electron chi connectivity index (χ3n) is 10.2. The Morgan fingerprint density at radius 2 is 1.15 bits per heavy atom.